The topological polar surface area (TPSA) is 150 Å². The predicted octanol–water partition coefficient (Wildman–Crippen LogP) is 1.32. The molecule has 0 atom stereocenters. The number of rotatable bonds is 1. The molecule has 4 rings (SSSR count). The minimum atomic E-state index is 0.473. The molecular weight excluding hydrogens is 435 g/mol. The molecular formula is C14H15IN10. The molecule has 0 amide bonds. The van der Waals surface area contributed by atoms with E-state index in [1.807, 2.05) is 0 Å². The van der Waals surface area contributed by atoms with Gasteiger partial charge in [0.15, 0.2) is 5.82 Å². The summed E-state index contributed by atoms with van der Waals surface area (Å²) in [4.78, 5) is 15.7. The summed E-state index contributed by atoms with van der Waals surface area (Å²) in [6.07, 6.45) is 13.2. The molecule has 0 fully saturated rings. The van der Waals surface area contributed by atoms with Crippen molar-refractivity contribution in [3.8, 4) is 5.82 Å². The number of nitrogens with two attached hydrogens (primary N) is 2. The highest BCUT2D eigenvalue weighted by Gasteiger charge is 1.97. The molecule has 25 heavy (non-hydrogen) atoms. The largest absolute Gasteiger partial charge is 0.384 e. The lowest BCUT2D eigenvalue weighted by atomic mass is 10.6. The Hall–Kier alpha value is -3.09. The molecule has 4 aromatic rings. The van der Waals surface area contributed by atoms with E-state index in [9.17, 15) is 0 Å². The standard InChI is InChI=1S/C7H7N5.C4H3IN2.C3H5N3/c8-6-1-4-12(11-6)7-5-9-2-3-10-7;5-4-3-6-1-2-7-4;4-3-1-2-5-6-3/h1-5H,(H2,8,11);1-3H;1-2H,(H3,4,5,6). The van der Waals surface area contributed by atoms with Crippen molar-refractivity contribution < 1.29 is 0 Å². The van der Waals surface area contributed by atoms with Crippen molar-refractivity contribution in [2.45, 2.75) is 0 Å². The Morgan fingerprint density at radius 3 is 2.04 bits per heavy atom. The van der Waals surface area contributed by atoms with E-state index in [4.69, 9.17) is 11.5 Å². The van der Waals surface area contributed by atoms with Crippen molar-refractivity contribution in [2.24, 2.45) is 0 Å². The summed E-state index contributed by atoms with van der Waals surface area (Å²) in [5.74, 6) is 1.74. The molecule has 0 bridgehead atoms. The normalized spacial score (nSPS) is 9.32. The Kier molecular flexibility index (Phi) is 7.24. The Morgan fingerprint density at radius 1 is 0.920 bits per heavy atom. The van der Waals surface area contributed by atoms with E-state index in [2.05, 4.69) is 57.8 Å². The van der Waals surface area contributed by atoms with E-state index in [1.165, 1.54) is 0 Å². The van der Waals surface area contributed by atoms with Crippen LogP contribution in [0.1, 0.15) is 0 Å². The molecule has 11 heteroatoms. The fourth-order valence-electron chi connectivity index (χ4n) is 1.42. The molecule has 0 spiro atoms. The van der Waals surface area contributed by atoms with E-state index in [1.54, 1.807) is 66.4 Å². The van der Waals surface area contributed by atoms with Crippen LogP contribution >= 0.6 is 22.6 Å². The van der Waals surface area contributed by atoms with Gasteiger partial charge in [0, 0.05) is 37.1 Å². The second kappa shape index (κ2) is 9.92. The highest BCUT2D eigenvalue weighted by molar-refractivity contribution is 14.1. The van der Waals surface area contributed by atoms with Crippen molar-refractivity contribution >= 4 is 34.2 Å². The molecule has 0 saturated carbocycles. The number of nitrogens with one attached hydrogen (secondary N) is 1. The molecule has 10 nitrogen and oxygen atoms in total. The van der Waals surface area contributed by atoms with Crippen molar-refractivity contribution in [1.82, 2.24) is 39.9 Å². The molecule has 0 saturated heterocycles. The monoisotopic (exact) mass is 450 g/mol. The molecule has 0 unspecified atom stereocenters. The zero-order chi connectivity index (χ0) is 17.9. The van der Waals surface area contributed by atoms with E-state index >= 15 is 0 Å². The maximum atomic E-state index is 5.44. The van der Waals surface area contributed by atoms with Crippen LogP contribution in [0.5, 0.6) is 0 Å². The number of nitrogen functional groups attached to an aromatic ring is 2. The molecule has 0 radical (unpaired) electrons. The number of H-pyrrole nitrogens is 1. The van der Waals surface area contributed by atoms with Gasteiger partial charge >= 0.3 is 0 Å². The summed E-state index contributed by atoms with van der Waals surface area (Å²) in [6, 6.07) is 3.40. The smallest absolute Gasteiger partial charge is 0.171 e. The minimum Gasteiger partial charge on any atom is -0.384 e. The predicted molar refractivity (Wildman–Crippen MR) is 101 cm³/mol. The van der Waals surface area contributed by atoms with Gasteiger partial charge in [0.2, 0.25) is 0 Å². The minimum absolute atomic E-state index is 0.473. The maximum Gasteiger partial charge on any atom is 0.171 e. The van der Waals surface area contributed by atoms with Crippen LogP contribution < -0.4 is 11.5 Å². The summed E-state index contributed by atoms with van der Waals surface area (Å²) < 4.78 is 2.50. The molecule has 5 N–H and O–H groups in total. The number of aromatic nitrogens is 8. The van der Waals surface area contributed by atoms with E-state index in [0.717, 1.165) is 3.70 Å². The first-order valence-corrected chi connectivity index (χ1v) is 7.97. The van der Waals surface area contributed by atoms with Crippen LogP contribution in [-0.2, 0) is 0 Å². The van der Waals surface area contributed by atoms with Gasteiger partial charge in [-0.15, -0.1) is 5.10 Å². The van der Waals surface area contributed by atoms with Crippen molar-refractivity contribution in [1.29, 1.82) is 0 Å². The lowest BCUT2D eigenvalue weighted by Crippen LogP contribution is -1.98. The first-order valence-electron chi connectivity index (χ1n) is 6.89. The molecule has 0 aromatic carbocycles. The number of halogens is 1. The van der Waals surface area contributed by atoms with Gasteiger partial charge in [-0.1, -0.05) is 0 Å². The fraction of sp³-hybridized carbons (Fsp3) is 0. The van der Waals surface area contributed by atoms with Crippen LogP contribution in [0.2, 0.25) is 0 Å². The van der Waals surface area contributed by atoms with Crippen molar-refractivity contribution in [3.63, 3.8) is 0 Å². The Balaban J connectivity index is 0.000000148. The molecule has 0 aliphatic heterocycles. The van der Waals surface area contributed by atoms with Crippen LogP contribution in [0.15, 0.2) is 61.7 Å². The Morgan fingerprint density at radius 2 is 1.68 bits per heavy atom. The van der Waals surface area contributed by atoms with Gasteiger partial charge in [-0.25, -0.2) is 14.6 Å². The third kappa shape index (κ3) is 6.90. The molecule has 4 aromatic heterocycles. The van der Waals surface area contributed by atoms with E-state index in [-0.39, 0.29) is 0 Å². The maximum absolute atomic E-state index is 5.44. The summed E-state index contributed by atoms with van der Waals surface area (Å²) >= 11 is 2.11. The van der Waals surface area contributed by atoms with E-state index in [0.29, 0.717) is 17.5 Å². The number of nitrogens with zero attached hydrogens (tertiary/aromatic N) is 7. The molecule has 4 heterocycles. The lowest BCUT2D eigenvalue weighted by molar-refractivity contribution is 0.842. The SMILES string of the molecule is Ic1cnccn1.Nc1ccn(-c2cnccn2)n1.Nc1ccn[nH]1. The zero-order valence-electron chi connectivity index (χ0n) is 12.9. The van der Waals surface area contributed by atoms with Crippen LogP contribution in [-0.4, -0.2) is 39.9 Å². The Bertz CT molecular complexity index is 832. The molecule has 0 aliphatic carbocycles. The van der Waals surface area contributed by atoms with Crippen LogP contribution in [0, 0.1) is 3.70 Å². The van der Waals surface area contributed by atoms with Crippen molar-refractivity contribution in [3.05, 3.63) is 65.4 Å². The van der Waals surface area contributed by atoms with Crippen LogP contribution in [0.4, 0.5) is 11.6 Å². The molecule has 128 valence electrons. The summed E-state index contributed by atoms with van der Waals surface area (Å²) in [7, 11) is 0. The summed E-state index contributed by atoms with van der Waals surface area (Å²) in [5, 5.41) is 10.1. The average molecular weight is 450 g/mol. The van der Waals surface area contributed by atoms with Crippen molar-refractivity contribution in [2.75, 3.05) is 11.5 Å². The first kappa shape index (κ1) is 18.3. The fourth-order valence-corrected chi connectivity index (χ4v) is 1.74. The first-order chi connectivity index (χ1) is 12.1. The second-order valence-corrected chi connectivity index (χ2v) is 5.39. The van der Waals surface area contributed by atoms with Gasteiger partial charge in [0.1, 0.15) is 15.3 Å². The lowest BCUT2D eigenvalue weighted by Gasteiger charge is -1.96. The van der Waals surface area contributed by atoms with Crippen LogP contribution in [0.25, 0.3) is 5.82 Å². The van der Waals surface area contributed by atoms with Gasteiger partial charge in [-0.05, 0) is 28.7 Å². The number of hydrogen-bond acceptors (Lipinski definition) is 8. The zero-order valence-corrected chi connectivity index (χ0v) is 15.1. The van der Waals surface area contributed by atoms with E-state index < -0.39 is 0 Å². The highest BCUT2D eigenvalue weighted by Crippen LogP contribution is 2.02. The van der Waals surface area contributed by atoms with Gasteiger partial charge in [-0.3, -0.25) is 15.1 Å². The quantitative estimate of drug-likeness (QED) is 0.368. The third-order valence-electron chi connectivity index (χ3n) is 2.45. The summed E-state index contributed by atoms with van der Waals surface area (Å²) in [5.41, 5.74) is 10.6. The average Bonchev–Trinajstić information content (AvgIpc) is 3.29. The van der Waals surface area contributed by atoms with Gasteiger partial charge < -0.3 is 11.5 Å². The van der Waals surface area contributed by atoms with Gasteiger partial charge in [-0.2, -0.15) is 5.10 Å². The third-order valence-corrected chi connectivity index (χ3v) is 3.00. The number of anilines is 2. The highest BCUT2D eigenvalue weighted by atomic mass is 127. The summed E-state index contributed by atoms with van der Waals surface area (Å²) in [6.45, 7) is 0. The van der Waals surface area contributed by atoms with Crippen LogP contribution in [0.3, 0.4) is 0 Å². The number of aromatic amines is 1. The van der Waals surface area contributed by atoms with Gasteiger partial charge in [0.25, 0.3) is 0 Å². The van der Waals surface area contributed by atoms with Gasteiger partial charge in [0.05, 0.1) is 18.6 Å². The molecule has 0 aliphatic rings. The second-order valence-electron chi connectivity index (χ2n) is 4.29. The Labute approximate surface area is 156 Å². The number of hydrogen-bond donors (Lipinski definition) is 3.